The minimum Gasteiger partial charge on any atom is -0.379 e. The number of carbonyl (C=O) groups excluding carboxylic acids is 1. The summed E-state index contributed by atoms with van der Waals surface area (Å²) in [6.45, 7) is 1.25. The molecular weight excluding hydrogens is 401 g/mol. The van der Waals surface area contributed by atoms with Crippen LogP contribution in [0.1, 0.15) is 10.4 Å². The average molecular weight is 416 g/mol. The number of hydrogen-bond donors (Lipinski definition) is 1. The van der Waals surface area contributed by atoms with Crippen LogP contribution >= 0.6 is 23.2 Å². The van der Waals surface area contributed by atoms with Crippen molar-refractivity contribution in [3.05, 3.63) is 52.3 Å². The highest BCUT2D eigenvalue weighted by molar-refractivity contribution is 7.89. The number of pyridine rings is 1. The number of anilines is 1. The first kappa shape index (κ1) is 19.1. The number of aromatic nitrogens is 1. The normalized spacial score (nSPS) is 15.6. The summed E-state index contributed by atoms with van der Waals surface area (Å²) in [6.07, 6.45) is 1.40. The van der Waals surface area contributed by atoms with Crippen molar-refractivity contribution in [2.24, 2.45) is 0 Å². The first-order chi connectivity index (χ1) is 12.4. The largest absolute Gasteiger partial charge is 0.379 e. The molecule has 1 N–H and O–H groups in total. The zero-order valence-corrected chi connectivity index (χ0v) is 15.8. The molecule has 7 nitrogen and oxygen atoms in total. The molecule has 26 heavy (non-hydrogen) atoms. The highest BCUT2D eigenvalue weighted by Gasteiger charge is 2.27. The molecule has 3 rings (SSSR count). The van der Waals surface area contributed by atoms with E-state index in [1.807, 2.05) is 0 Å². The van der Waals surface area contributed by atoms with Crippen molar-refractivity contribution in [2.75, 3.05) is 31.6 Å². The summed E-state index contributed by atoms with van der Waals surface area (Å²) in [5.41, 5.74) is 0.474. The third-order valence-electron chi connectivity index (χ3n) is 3.78. The molecule has 1 amide bonds. The first-order valence-corrected chi connectivity index (χ1v) is 9.88. The summed E-state index contributed by atoms with van der Waals surface area (Å²) in [5, 5.41) is 3.00. The van der Waals surface area contributed by atoms with Crippen LogP contribution in [0.4, 0.5) is 5.69 Å². The molecule has 1 saturated heterocycles. The lowest BCUT2D eigenvalue weighted by molar-refractivity contribution is 0.0730. The Kier molecular flexibility index (Phi) is 5.79. The van der Waals surface area contributed by atoms with E-state index in [0.717, 1.165) is 0 Å². The van der Waals surface area contributed by atoms with Crippen molar-refractivity contribution < 1.29 is 17.9 Å². The molecule has 0 atom stereocenters. The monoisotopic (exact) mass is 415 g/mol. The van der Waals surface area contributed by atoms with Crippen molar-refractivity contribution in [3.63, 3.8) is 0 Å². The van der Waals surface area contributed by atoms with E-state index in [0.29, 0.717) is 13.2 Å². The summed E-state index contributed by atoms with van der Waals surface area (Å²) in [7, 11) is -3.70. The van der Waals surface area contributed by atoms with Crippen LogP contribution in [0.5, 0.6) is 0 Å². The first-order valence-electron chi connectivity index (χ1n) is 7.68. The number of nitrogens with zero attached hydrogens (tertiary/aromatic N) is 2. The Bertz CT molecular complexity index is 931. The van der Waals surface area contributed by atoms with Gasteiger partial charge in [0.15, 0.2) is 0 Å². The molecule has 0 radical (unpaired) electrons. The molecule has 0 bridgehead atoms. The van der Waals surface area contributed by atoms with Crippen LogP contribution in [0, 0.1) is 0 Å². The van der Waals surface area contributed by atoms with Crippen LogP contribution in [0.15, 0.2) is 41.4 Å². The summed E-state index contributed by atoms with van der Waals surface area (Å²) in [5.74, 6) is -0.475. The lowest BCUT2D eigenvalue weighted by Gasteiger charge is -2.26. The molecule has 0 aliphatic carbocycles. The summed E-state index contributed by atoms with van der Waals surface area (Å²) in [4.78, 5) is 16.2. The van der Waals surface area contributed by atoms with Crippen LogP contribution < -0.4 is 5.32 Å². The fourth-order valence-electron chi connectivity index (χ4n) is 2.43. The van der Waals surface area contributed by atoms with E-state index in [1.165, 1.54) is 40.8 Å². The third kappa shape index (κ3) is 4.16. The maximum absolute atomic E-state index is 12.7. The van der Waals surface area contributed by atoms with Crippen molar-refractivity contribution >= 4 is 44.8 Å². The van der Waals surface area contributed by atoms with Gasteiger partial charge in [-0.2, -0.15) is 4.31 Å². The quantitative estimate of drug-likeness (QED) is 0.775. The van der Waals surface area contributed by atoms with Gasteiger partial charge in [0.25, 0.3) is 5.91 Å². The number of halogens is 2. The number of rotatable bonds is 4. The molecule has 2 heterocycles. The second kappa shape index (κ2) is 7.89. The maximum Gasteiger partial charge on any atom is 0.255 e. The van der Waals surface area contributed by atoms with Crippen LogP contribution in [-0.4, -0.2) is 49.9 Å². The van der Waals surface area contributed by atoms with Gasteiger partial charge in [-0.1, -0.05) is 23.2 Å². The SMILES string of the molecule is O=C(Nc1cc(S(=O)(=O)N2CCOCC2)ccc1Cl)c1ccnc(Cl)c1. The Hall–Kier alpha value is -1.71. The van der Waals surface area contributed by atoms with E-state index in [2.05, 4.69) is 10.3 Å². The molecule has 1 aliphatic rings. The Morgan fingerprint density at radius 2 is 1.88 bits per heavy atom. The van der Waals surface area contributed by atoms with E-state index < -0.39 is 15.9 Å². The predicted molar refractivity (Wildman–Crippen MR) is 98.2 cm³/mol. The van der Waals surface area contributed by atoms with Crippen LogP contribution in [0.25, 0.3) is 0 Å². The topological polar surface area (TPSA) is 88.6 Å². The standard InChI is InChI=1S/C16H15Cl2N3O4S/c17-13-2-1-12(26(23,24)21-5-7-25-8-6-21)10-14(13)20-16(22)11-3-4-19-15(18)9-11/h1-4,9-10H,5-8H2,(H,20,22). The highest BCUT2D eigenvalue weighted by Crippen LogP contribution is 2.28. The van der Waals surface area contributed by atoms with Gasteiger partial charge in [0.05, 0.1) is 28.8 Å². The number of ether oxygens (including phenoxy) is 1. The molecule has 10 heteroatoms. The molecule has 1 fully saturated rings. The molecule has 0 spiro atoms. The van der Waals surface area contributed by atoms with Gasteiger partial charge in [0, 0.05) is 24.8 Å². The highest BCUT2D eigenvalue weighted by atomic mass is 35.5. The van der Waals surface area contributed by atoms with E-state index in [1.54, 1.807) is 0 Å². The number of morpholine rings is 1. The fraction of sp³-hybridized carbons (Fsp3) is 0.250. The van der Waals surface area contributed by atoms with E-state index in [-0.39, 0.29) is 39.4 Å². The van der Waals surface area contributed by atoms with Gasteiger partial charge in [-0.05, 0) is 30.3 Å². The van der Waals surface area contributed by atoms with Gasteiger partial charge >= 0.3 is 0 Å². The van der Waals surface area contributed by atoms with Crippen molar-refractivity contribution in [1.29, 1.82) is 0 Å². The lowest BCUT2D eigenvalue weighted by atomic mass is 10.2. The number of hydrogen-bond acceptors (Lipinski definition) is 5. The molecule has 138 valence electrons. The fourth-order valence-corrected chi connectivity index (χ4v) is 4.21. The molecule has 0 unspecified atom stereocenters. The zero-order chi connectivity index (χ0) is 18.7. The lowest BCUT2D eigenvalue weighted by Crippen LogP contribution is -2.40. The van der Waals surface area contributed by atoms with Crippen molar-refractivity contribution in [3.8, 4) is 0 Å². The maximum atomic E-state index is 12.7. The Morgan fingerprint density at radius 3 is 2.58 bits per heavy atom. The van der Waals surface area contributed by atoms with Gasteiger partial charge in [-0.25, -0.2) is 13.4 Å². The van der Waals surface area contributed by atoms with E-state index in [4.69, 9.17) is 27.9 Å². The van der Waals surface area contributed by atoms with Crippen LogP contribution in [0.2, 0.25) is 10.2 Å². The zero-order valence-electron chi connectivity index (χ0n) is 13.5. The van der Waals surface area contributed by atoms with Crippen LogP contribution in [-0.2, 0) is 14.8 Å². The van der Waals surface area contributed by atoms with Gasteiger partial charge in [-0.3, -0.25) is 4.79 Å². The second-order valence-electron chi connectivity index (χ2n) is 5.48. The number of nitrogens with one attached hydrogen (secondary N) is 1. The minimum absolute atomic E-state index is 0.0480. The Balaban J connectivity index is 1.87. The third-order valence-corrected chi connectivity index (χ3v) is 6.21. The summed E-state index contributed by atoms with van der Waals surface area (Å²) in [6, 6.07) is 7.08. The van der Waals surface area contributed by atoms with Crippen molar-refractivity contribution in [2.45, 2.75) is 4.90 Å². The molecule has 2 aromatic rings. The molecule has 1 aromatic heterocycles. The number of amides is 1. The Morgan fingerprint density at radius 1 is 1.15 bits per heavy atom. The summed E-state index contributed by atoms with van der Waals surface area (Å²) >= 11 is 11.9. The molecular formula is C16H15Cl2N3O4S. The van der Waals surface area contributed by atoms with Gasteiger partial charge in [-0.15, -0.1) is 0 Å². The number of benzene rings is 1. The smallest absolute Gasteiger partial charge is 0.255 e. The van der Waals surface area contributed by atoms with Gasteiger partial charge < -0.3 is 10.1 Å². The van der Waals surface area contributed by atoms with Gasteiger partial charge in [0.1, 0.15) is 5.15 Å². The molecule has 1 aromatic carbocycles. The number of carbonyl (C=O) groups is 1. The summed E-state index contributed by atoms with van der Waals surface area (Å²) < 4.78 is 32.0. The number of sulfonamides is 1. The van der Waals surface area contributed by atoms with Crippen LogP contribution in [0.3, 0.4) is 0 Å². The Labute approximate surface area is 160 Å². The van der Waals surface area contributed by atoms with Crippen molar-refractivity contribution in [1.82, 2.24) is 9.29 Å². The second-order valence-corrected chi connectivity index (χ2v) is 8.21. The predicted octanol–water partition coefficient (Wildman–Crippen LogP) is 2.66. The van der Waals surface area contributed by atoms with E-state index >= 15 is 0 Å². The van der Waals surface area contributed by atoms with E-state index in [9.17, 15) is 13.2 Å². The molecule has 0 saturated carbocycles. The average Bonchev–Trinajstić information content (AvgIpc) is 2.64. The molecule has 1 aliphatic heterocycles. The van der Waals surface area contributed by atoms with Gasteiger partial charge in [0.2, 0.25) is 10.0 Å². The minimum atomic E-state index is -3.70.